The van der Waals surface area contributed by atoms with Crippen molar-refractivity contribution in [1.82, 2.24) is 19.8 Å². The lowest BCUT2D eigenvalue weighted by molar-refractivity contribution is 0.277. The van der Waals surface area contributed by atoms with Crippen LogP contribution < -0.4 is 5.69 Å². The van der Waals surface area contributed by atoms with Crippen LogP contribution in [0.1, 0.15) is 44.2 Å². The maximum atomic E-state index is 11.7. The molecular formula is C8H12N4O. The Balaban J connectivity index is 1.96. The minimum atomic E-state index is -0.00722. The first-order valence-electron chi connectivity index (χ1n) is 4.90. The molecule has 0 aliphatic heterocycles. The Morgan fingerprint density at radius 1 is 1.00 bits per heavy atom. The molecule has 5 nitrogen and oxygen atoms in total. The van der Waals surface area contributed by atoms with Gasteiger partial charge in [0.1, 0.15) is 0 Å². The molecule has 0 bridgehead atoms. The number of aromatic nitrogens is 4. The van der Waals surface area contributed by atoms with Gasteiger partial charge in [0.15, 0.2) is 0 Å². The van der Waals surface area contributed by atoms with E-state index in [1.165, 1.54) is 6.42 Å². The van der Waals surface area contributed by atoms with Crippen LogP contribution in [0, 0.1) is 0 Å². The molecule has 0 amide bonds. The van der Waals surface area contributed by atoms with E-state index in [1.54, 1.807) is 9.36 Å². The summed E-state index contributed by atoms with van der Waals surface area (Å²) < 4.78 is 3.10. The Morgan fingerprint density at radius 2 is 1.54 bits per heavy atom. The first-order valence-corrected chi connectivity index (χ1v) is 4.90. The van der Waals surface area contributed by atoms with Crippen molar-refractivity contribution in [1.29, 1.82) is 0 Å². The molecule has 0 radical (unpaired) electrons. The highest BCUT2D eigenvalue weighted by molar-refractivity contribution is 4.83. The zero-order chi connectivity index (χ0) is 8.84. The van der Waals surface area contributed by atoms with Gasteiger partial charge in [-0.15, -0.1) is 0 Å². The van der Waals surface area contributed by atoms with Gasteiger partial charge >= 0.3 is 5.69 Å². The zero-order valence-corrected chi connectivity index (χ0v) is 7.39. The van der Waals surface area contributed by atoms with Crippen LogP contribution in [0.3, 0.4) is 0 Å². The lowest BCUT2D eigenvalue weighted by atomic mass is 9.93. The summed E-state index contributed by atoms with van der Waals surface area (Å²) in [5.74, 6) is 0. The maximum absolute atomic E-state index is 11.7. The molecule has 3 rings (SSSR count). The summed E-state index contributed by atoms with van der Waals surface area (Å²) in [7, 11) is 0. The molecule has 2 fully saturated rings. The standard InChI is InChI=1S/C8H12N4O/c13-8-11(6-2-1-3-6)9-10-12(8)7-4-5-7/h6-7H,1-5H2. The second kappa shape index (κ2) is 2.43. The maximum Gasteiger partial charge on any atom is 0.364 e. The van der Waals surface area contributed by atoms with Gasteiger partial charge in [-0.3, -0.25) is 0 Å². The van der Waals surface area contributed by atoms with Crippen molar-refractivity contribution in [3.63, 3.8) is 0 Å². The first-order chi connectivity index (χ1) is 6.36. The van der Waals surface area contributed by atoms with Gasteiger partial charge in [0.25, 0.3) is 0 Å². The summed E-state index contributed by atoms with van der Waals surface area (Å²) in [6.45, 7) is 0. The number of hydrogen-bond donors (Lipinski definition) is 0. The molecule has 13 heavy (non-hydrogen) atoms. The number of rotatable bonds is 2. The van der Waals surface area contributed by atoms with E-state index < -0.39 is 0 Å². The van der Waals surface area contributed by atoms with Crippen molar-refractivity contribution in [2.24, 2.45) is 0 Å². The Bertz CT molecular complexity index is 372. The van der Waals surface area contributed by atoms with Crippen LogP contribution in [-0.2, 0) is 0 Å². The van der Waals surface area contributed by atoms with E-state index in [1.807, 2.05) is 0 Å². The smallest absolute Gasteiger partial charge is 0.244 e. The van der Waals surface area contributed by atoms with E-state index in [0.717, 1.165) is 25.7 Å². The number of hydrogen-bond acceptors (Lipinski definition) is 3. The summed E-state index contributed by atoms with van der Waals surface area (Å²) in [4.78, 5) is 11.7. The highest BCUT2D eigenvalue weighted by atomic mass is 16.2. The molecule has 1 aromatic rings. The van der Waals surface area contributed by atoms with Gasteiger partial charge in [-0.2, -0.15) is 9.36 Å². The fraction of sp³-hybridized carbons (Fsp3) is 0.875. The molecule has 70 valence electrons. The molecular weight excluding hydrogens is 168 g/mol. The molecule has 0 atom stereocenters. The topological polar surface area (TPSA) is 52.7 Å². The van der Waals surface area contributed by atoms with Crippen molar-refractivity contribution >= 4 is 0 Å². The number of tetrazole rings is 1. The second-order valence-corrected chi connectivity index (χ2v) is 3.97. The monoisotopic (exact) mass is 180 g/mol. The molecule has 0 aromatic carbocycles. The summed E-state index contributed by atoms with van der Waals surface area (Å²) in [5.41, 5.74) is -0.00722. The van der Waals surface area contributed by atoms with Crippen molar-refractivity contribution in [3.05, 3.63) is 10.5 Å². The lowest BCUT2D eigenvalue weighted by Gasteiger charge is -2.23. The Hall–Kier alpha value is -1.13. The highest BCUT2D eigenvalue weighted by Crippen LogP contribution is 2.33. The van der Waals surface area contributed by atoms with Gasteiger partial charge in [0.05, 0.1) is 12.1 Å². The van der Waals surface area contributed by atoms with Crippen molar-refractivity contribution < 1.29 is 0 Å². The molecule has 0 saturated heterocycles. The highest BCUT2D eigenvalue weighted by Gasteiger charge is 2.30. The molecule has 2 saturated carbocycles. The minimum absolute atomic E-state index is 0.00722. The van der Waals surface area contributed by atoms with Crippen LogP contribution in [0.5, 0.6) is 0 Å². The number of nitrogens with zero attached hydrogens (tertiary/aromatic N) is 4. The molecule has 1 heterocycles. The lowest BCUT2D eigenvalue weighted by Crippen LogP contribution is -2.31. The largest absolute Gasteiger partial charge is 0.364 e. The summed E-state index contributed by atoms with van der Waals surface area (Å²) in [5, 5.41) is 7.81. The molecule has 2 aliphatic carbocycles. The summed E-state index contributed by atoms with van der Waals surface area (Å²) >= 11 is 0. The van der Waals surface area contributed by atoms with Gasteiger partial charge in [0.2, 0.25) is 0 Å². The van der Waals surface area contributed by atoms with Crippen molar-refractivity contribution in [2.45, 2.75) is 44.2 Å². The molecule has 0 spiro atoms. The summed E-state index contributed by atoms with van der Waals surface area (Å²) in [6.07, 6.45) is 5.56. The predicted molar refractivity (Wildman–Crippen MR) is 45.4 cm³/mol. The van der Waals surface area contributed by atoms with Gasteiger partial charge in [-0.1, -0.05) is 0 Å². The van der Waals surface area contributed by atoms with Crippen molar-refractivity contribution in [2.75, 3.05) is 0 Å². The van der Waals surface area contributed by atoms with Crippen LogP contribution in [0.25, 0.3) is 0 Å². The van der Waals surface area contributed by atoms with Gasteiger partial charge in [0, 0.05) is 0 Å². The van der Waals surface area contributed by atoms with Crippen LogP contribution in [-0.4, -0.2) is 19.8 Å². The SMILES string of the molecule is O=c1n(C2CCC2)nnn1C1CC1. The fourth-order valence-electron chi connectivity index (χ4n) is 1.68. The first kappa shape index (κ1) is 7.29. The Kier molecular flexibility index (Phi) is 1.36. The quantitative estimate of drug-likeness (QED) is 0.666. The predicted octanol–water partition coefficient (Wildman–Crippen LogP) is 0.500. The van der Waals surface area contributed by atoms with Gasteiger partial charge in [-0.25, -0.2) is 4.79 Å². The van der Waals surface area contributed by atoms with E-state index in [-0.39, 0.29) is 5.69 Å². The molecule has 5 heteroatoms. The van der Waals surface area contributed by atoms with E-state index in [0.29, 0.717) is 12.1 Å². The molecule has 0 N–H and O–H groups in total. The third-order valence-electron chi connectivity index (χ3n) is 2.94. The molecule has 0 unspecified atom stereocenters. The summed E-state index contributed by atoms with van der Waals surface area (Å²) in [6, 6.07) is 0.682. The molecule has 1 aromatic heterocycles. The van der Waals surface area contributed by atoms with E-state index in [9.17, 15) is 4.79 Å². The average molecular weight is 180 g/mol. The zero-order valence-electron chi connectivity index (χ0n) is 7.39. The fourth-order valence-corrected chi connectivity index (χ4v) is 1.68. The van der Waals surface area contributed by atoms with Crippen LogP contribution in [0.4, 0.5) is 0 Å². The Morgan fingerprint density at radius 3 is 1.92 bits per heavy atom. The van der Waals surface area contributed by atoms with Crippen LogP contribution in [0.2, 0.25) is 0 Å². The van der Waals surface area contributed by atoms with Gasteiger partial charge < -0.3 is 0 Å². The van der Waals surface area contributed by atoms with E-state index >= 15 is 0 Å². The van der Waals surface area contributed by atoms with Crippen LogP contribution in [0.15, 0.2) is 4.79 Å². The third-order valence-corrected chi connectivity index (χ3v) is 2.94. The van der Waals surface area contributed by atoms with Gasteiger partial charge in [-0.05, 0) is 42.5 Å². The third kappa shape index (κ3) is 1.03. The molecule has 2 aliphatic rings. The normalized spacial score (nSPS) is 23.1. The van der Waals surface area contributed by atoms with Crippen molar-refractivity contribution in [3.8, 4) is 0 Å². The average Bonchev–Trinajstić information content (AvgIpc) is 2.78. The second-order valence-electron chi connectivity index (χ2n) is 3.97. The Labute approximate surface area is 75.3 Å². The van der Waals surface area contributed by atoms with Crippen LogP contribution >= 0.6 is 0 Å². The van der Waals surface area contributed by atoms with E-state index in [4.69, 9.17) is 0 Å². The minimum Gasteiger partial charge on any atom is -0.244 e. The van der Waals surface area contributed by atoms with E-state index in [2.05, 4.69) is 10.4 Å².